The Kier molecular flexibility index (Phi) is 4.60. The van der Waals surface area contributed by atoms with E-state index in [1.54, 1.807) is 32.9 Å². The quantitative estimate of drug-likeness (QED) is 0.733. The molecule has 0 unspecified atom stereocenters. The average molecular weight is 288 g/mol. The third kappa shape index (κ3) is 2.55. The molecule has 0 aromatic carbocycles. The molecule has 3 N–H and O–H groups in total. The highest BCUT2D eigenvalue weighted by Crippen LogP contribution is 2.50. The van der Waals surface area contributed by atoms with E-state index in [2.05, 4.69) is 0 Å². The van der Waals surface area contributed by atoms with Crippen LogP contribution in [-0.2, 0) is 9.47 Å². The third-order valence-electron chi connectivity index (χ3n) is 3.05. The SMILES string of the molecule is CC(C)(C)[C@]1(OCCO)OC(N)=C(C#N)C1=C(C#N)C#N. The van der Waals surface area contributed by atoms with Gasteiger partial charge in [-0.2, -0.15) is 15.8 Å². The Bertz CT molecular complexity index is 607. The molecule has 1 aliphatic heterocycles. The smallest absolute Gasteiger partial charge is 0.247 e. The van der Waals surface area contributed by atoms with Gasteiger partial charge in [0.05, 0.1) is 18.8 Å². The van der Waals surface area contributed by atoms with Crippen molar-refractivity contribution in [2.24, 2.45) is 11.1 Å². The Labute approximate surface area is 123 Å². The van der Waals surface area contributed by atoms with Gasteiger partial charge < -0.3 is 20.3 Å². The van der Waals surface area contributed by atoms with Crippen molar-refractivity contribution in [3.63, 3.8) is 0 Å². The molecule has 1 aliphatic rings. The van der Waals surface area contributed by atoms with Crippen LogP contribution in [0, 0.1) is 39.4 Å². The number of ether oxygens (including phenoxy) is 2. The van der Waals surface area contributed by atoms with E-state index in [1.165, 1.54) is 0 Å². The van der Waals surface area contributed by atoms with E-state index in [-0.39, 0.29) is 35.8 Å². The number of hydrogen-bond donors (Lipinski definition) is 2. The van der Waals surface area contributed by atoms with Crippen molar-refractivity contribution in [2.45, 2.75) is 26.6 Å². The van der Waals surface area contributed by atoms with Crippen molar-refractivity contribution < 1.29 is 14.6 Å². The zero-order chi connectivity index (χ0) is 16.3. The van der Waals surface area contributed by atoms with Gasteiger partial charge in [0.15, 0.2) is 0 Å². The third-order valence-corrected chi connectivity index (χ3v) is 3.05. The van der Waals surface area contributed by atoms with Crippen molar-refractivity contribution in [1.29, 1.82) is 15.8 Å². The lowest BCUT2D eigenvalue weighted by Gasteiger charge is -2.41. The van der Waals surface area contributed by atoms with Gasteiger partial charge in [-0.25, -0.2) is 0 Å². The minimum absolute atomic E-state index is 0.00782. The van der Waals surface area contributed by atoms with E-state index in [4.69, 9.17) is 30.8 Å². The number of nitrogens with zero attached hydrogens (tertiary/aromatic N) is 3. The first-order valence-electron chi connectivity index (χ1n) is 6.18. The number of allylic oxidation sites excluding steroid dienone is 1. The first-order valence-corrected chi connectivity index (χ1v) is 6.18. The van der Waals surface area contributed by atoms with Crippen LogP contribution >= 0.6 is 0 Å². The van der Waals surface area contributed by atoms with Gasteiger partial charge in [-0.1, -0.05) is 20.8 Å². The number of rotatable bonds is 3. The molecule has 0 spiro atoms. The van der Waals surface area contributed by atoms with E-state index in [1.807, 2.05) is 6.07 Å². The van der Waals surface area contributed by atoms with Crippen molar-refractivity contribution >= 4 is 0 Å². The number of nitriles is 3. The summed E-state index contributed by atoms with van der Waals surface area (Å²) < 4.78 is 11.2. The van der Waals surface area contributed by atoms with Crippen molar-refractivity contribution in [3.8, 4) is 18.2 Å². The van der Waals surface area contributed by atoms with Crippen LogP contribution in [0.1, 0.15) is 20.8 Å². The molecule has 0 saturated heterocycles. The Morgan fingerprint density at radius 2 is 1.90 bits per heavy atom. The molecule has 0 aliphatic carbocycles. The number of aliphatic hydroxyl groups excluding tert-OH is 1. The fourth-order valence-electron chi connectivity index (χ4n) is 2.12. The molecule has 7 heteroatoms. The summed E-state index contributed by atoms with van der Waals surface area (Å²) in [4.78, 5) is 0. The molecule has 0 saturated carbocycles. The monoisotopic (exact) mass is 288 g/mol. The van der Waals surface area contributed by atoms with E-state index in [0.29, 0.717) is 0 Å². The summed E-state index contributed by atoms with van der Waals surface area (Å²) >= 11 is 0. The van der Waals surface area contributed by atoms with Crippen LogP contribution in [0.2, 0.25) is 0 Å². The molecule has 0 bridgehead atoms. The van der Waals surface area contributed by atoms with Gasteiger partial charge in [-0.05, 0) is 0 Å². The second kappa shape index (κ2) is 5.85. The van der Waals surface area contributed by atoms with E-state index in [0.717, 1.165) is 0 Å². The molecule has 21 heavy (non-hydrogen) atoms. The molecular formula is C14H16N4O3. The largest absolute Gasteiger partial charge is 0.441 e. The summed E-state index contributed by atoms with van der Waals surface area (Å²) in [5.41, 5.74) is 4.57. The molecule has 1 heterocycles. The lowest BCUT2D eigenvalue weighted by Crippen LogP contribution is -2.48. The second-order valence-electron chi connectivity index (χ2n) is 5.37. The first kappa shape index (κ1) is 16.5. The van der Waals surface area contributed by atoms with Gasteiger partial charge >= 0.3 is 0 Å². The molecule has 1 rings (SSSR count). The zero-order valence-corrected chi connectivity index (χ0v) is 12.1. The van der Waals surface area contributed by atoms with Gasteiger partial charge in [0, 0.05) is 5.41 Å². The minimum atomic E-state index is -1.58. The van der Waals surface area contributed by atoms with Gasteiger partial charge in [-0.3, -0.25) is 0 Å². The minimum Gasteiger partial charge on any atom is -0.441 e. The summed E-state index contributed by atoms with van der Waals surface area (Å²) in [6, 6.07) is 5.32. The van der Waals surface area contributed by atoms with Gasteiger partial charge in [-0.15, -0.1) is 0 Å². The Balaban J connectivity index is 3.68. The van der Waals surface area contributed by atoms with Gasteiger partial charge in [0.25, 0.3) is 0 Å². The lowest BCUT2D eigenvalue weighted by atomic mass is 9.77. The highest BCUT2D eigenvalue weighted by Gasteiger charge is 2.56. The van der Waals surface area contributed by atoms with Crippen molar-refractivity contribution in [2.75, 3.05) is 13.2 Å². The molecule has 0 aromatic heterocycles. The second-order valence-corrected chi connectivity index (χ2v) is 5.37. The van der Waals surface area contributed by atoms with Crippen LogP contribution in [0.15, 0.2) is 22.6 Å². The Morgan fingerprint density at radius 1 is 1.33 bits per heavy atom. The van der Waals surface area contributed by atoms with Crippen LogP contribution in [0.5, 0.6) is 0 Å². The highest BCUT2D eigenvalue weighted by molar-refractivity contribution is 5.60. The predicted molar refractivity (Wildman–Crippen MR) is 71.4 cm³/mol. The first-order chi connectivity index (χ1) is 9.78. The maximum Gasteiger partial charge on any atom is 0.247 e. The van der Waals surface area contributed by atoms with Crippen LogP contribution in [0.4, 0.5) is 0 Å². The Hall–Kier alpha value is -2.53. The lowest BCUT2D eigenvalue weighted by molar-refractivity contribution is -0.238. The van der Waals surface area contributed by atoms with Crippen LogP contribution in [0.3, 0.4) is 0 Å². The van der Waals surface area contributed by atoms with Gasteiger partial charge in [0.2, 0.25) is 11.7 Å². The molecule has 7 nitrogen and oxygen atoms in total. The summed E-state index contributed by atoms with van der Waals surface area (Å²) in [5.74, 6) is -1.78. The number of aliphatic hydroxyl groups is 1. The summed E-state index contributed by atoms with van der Waals surface area (Å²) in [7, 11) is 0. The highest BCUT2D eigenvalue weighted by atomic mass is 16.7. The molecule has 0 radical (unpaired) electrons. The van der Waals surface area contributed by atoms with Crippen molar-refractivity contribution in [3.05, 3.63) is 22.6 Å². The number of nitrogens with two attached hydrogens (primary N) is 1. The maximum absolute atomic E-state index is 9.24. The van der Waals surface area contributed by atoms with E-state index >= 15 is 0 Å². The Morgan fingerprint density at radius 3 is 2.29 bits per heavy atom. The topological polar surface area (TPSA) is 136 Å². The summed E-state index contributed by atoms with van der Waals surface area (Å²) in [6.07, 6.45) is 0. The fourth-order valence-corrected chi connectivity index (χ4v) is 2.12. The summed E-state index contributed by atoms with van der Waals surface area (Å²) in [5, 5.41) is 36.5. The van der Waals surface area contributed by atoms with E-state index < -0.39 is 11.2 Å². The summed E-state index contributed by atoms with van der Waals surface area (Å²) in [6.45, 7) is 4.88. The normalized spacial score (nSPS) is 21.3. The zero-order valence-electron chi connectivity index (χ0n) is 12.1. The predicted octanol–water partition coefficient (Wildman–Crippen LogP) is 0.806. The molecule has 110 valence electrons. The molecular weight excluding hydrogens is 272 g/mol. The van der Waals surface area contributed by atoms with Crippen LogP contribution in [-0.4, -0.2) is 24.1 Å². The van der Waals surface area contributed by atoms with E-state index in [9.17, 15) is 5.26 Å². The molecule has 0 fully saturated rings. The fraction of sp³-hybridized carbons (Fsp3) is 0.500. The van der Waals surface area contributed by atoms with Crippen LogP contribution in [0.25, 0.3) is 0 Å². The average Bonchev–Trinajstić information content (AvgIpc) is 2.71. The van der Waals surface area contributed by atoms with Gasteiger partial charge in [0.1, 0.15) is 29.4 Å². The van der Waals surface area contributed by atoms with Crippen LogP contribution < -0.4 is 5.73 Å². The standard InChI is InChI=1S/C14H16N4O3/c1-13(2,3)14(20-5-4-19)11(9(6-15)7-16)10(8-17)12(18)21-14/h19H,4-5,18H2,1-3H3/t14-/m1/s1. The molecule has 0 aromatic rings. The molecule has 1 atom stereocenters. The van der Waals surface area contributed by atoms with Crippen molar-refractivity contribution in [1.82, 2.24) is 0 Å². The molecule has 0 amide bonds. The maximum atomic E-state index is 9.24. The number of hydrogen-bond acceptors (Lipinski definition) is 7.